The van der Waals surface area contributed by atoms with E-state index in [1.807, 2.05) is 49.4 Å². The molecule has 37 heavy (non-hydrogen) atoms. The summed E-state index contributed by atoms with van der Waals surface area (Å²) in [6, 6.07) is 16.2. The maximum absolute atomic E-state index is 14.3. The molecular formula is C29H25FN4O3. The summed E-state index contributed by atoms with van der Waals surface area (Å²) in [5.74, 6) is 0.136. The van der Waals surface area contributed by atoms with Crippen LogP contribution in [-0.2, 0) is 17.8 Å². The fourth-order valence-corrected chi connectivity index (χ4v) is 5.11. The van der Waals surface area contributed by atoms with E-state index in [0.29, 0.717) is 36.7 Å². The zero-order chi connectivity index (χ0) is 25.5. The van der Waals surface area contributed by atoms with E-state index in [1.165, 1.54) is 6.07 Å². The van der Waals surface area contributed by atoms with Gasteiger partial charge in [-0.15, -0.1) is 0 Å². The molecule has 0 aliphatic carbocycles. The second kappa shape index (κ2) is 9.28. The van der Waals surface area contributed by atoms with E-state index in [9.17, 15) is 14.0 Å². The average Bonchev–Trinajstić information content (AvgIpc) is 2.89. The predicted octanol–water partition coefficient (Wildman–Crippen LogP) is 5.29. The molecule has 0 unspecified atom stereocenters. The molecule has 2 aromatic carbocycles. The van der Waals surface area contributed by atoms with Crippen LogP contribution in [0.15, 0.2) is 77.6 Å². The molecule has 0 fully saturated rings. The lowest BCUT2D eigenvalue weighted by Gasteiger charge is -2.34. The number of pyridine rings is 1. The summed E-state index contributed by atoms with van der Waals surface area (Å²) >= 11 is 0. The summed E-state index contributed by atoms with van der Waals surface area (Å²) in [4.78, 5) is 37.5. The van der Waals surface area contributed by atoms with Crippen molar-refractivity contribution in [1.29, 1.82) is 0 Å². The Labute approximate surface area is 213 Å². The summed E-state index contributed by atoms with van der Waals surface area (Å²) in [6.07, 6.45) is 4.31. The molecule has 186 valence electrons. The molecule has 4 heterocycles. The lowest BCUT2D eigenvalue weighted by atomic mass is 9.96. The number of hydrogen-bond acceptors (Lipinski definition) is 4. The zero-order valence-electron chi connectivity index (χ0n) is 20.4. The van der Waals surface area contributed by atoms with Crippen molar-refractivity contribution in [3.05, 3.63) is 101 Å². The number of ether oxygens (including phenoxy) is 1. The van der Waals surface area contributed by atoms with Crippen LogP contribution in [0.1, 0.15) is 41.3 Å². The minimum absolute atomic E-state index is 0.0845. The molecule has 0 saturated carbocycles. The Balaban J connectivity index is 1.29. The molecule has 6 rings (SSSR count). The van der Waals surface area contributed by atoms with Crippen molar-refractivity contribution in [3.8, 4) is 5.75 Å². The fourth-order valence-electron chi connectivity index (χ4n) is 5.11. The number of aryl methyl sites for hydroxylation is 2. The molecule has 0 N–H and O–H groups in total. The molecule has 7 nitrogen and oxygen atoms in total. The molecule has 0 spiro atoms. The number of carbonyl (C=O) groups excluding carboxylic acids is 2. The van der Waals surface area contributed by atoms with Gasteiger partial charge in [0.15, 0.2) is 0 Å². The third kappa shape index (κ3) is 4.39. The van der Waals surface area contributed by atoms with Gasteiger partial charge in [-0.05, 0) is 48.6 Å². The van der Waals surface area contributed by atoms with Crippen molar-refractivity contribution in [3.63, 3.8) is 0 Å². The maximum atomic E-state index is 14.3. The average molecular weight is 497 g/mol. The molecule has 3 aliphatic rings. The SMILES string of the molecule is Cc1cc2c(cc1N1CC3=CN(Cc4ccccc4)C(=O)CC3=NC1=O)O[C@@H](c1ncccc1F)CC2. The van der Waals surface area contributed by atoms with Crippen molar-refractivity contribution in [2.45, 2.75) is 38.8 Å². The van der Waals surface area contributed by atoms with Gasteiger partial charge >= 0.3 is 6.03 Å². The first-order valence-electron chi connectivity index (χ1n) is 12.3. The van der Waals surface area contributed by atoms with E-state index in [-0.39, 0.29) is 18.0 Å². The number of hydrogen-bond donors (Lipinski definition) is 0. The molecule has 3 aliphatic heterocycles. The Hall–Kier alpha value is -4.33. The lowest BCUT2D eigenvalue weighted by molar-refractivity contribution is -0.128. The van der Waals surface area contributed by atoms with E-state index in [2.05, 4.69) is 9.98 Å². The summed E-state index contributed by atoms with van der Waals surface area (Å²) in [6.45, 7) is 2.71. The normalized spacial score (nSPS) is 19.0. The molecule has 3 amide bonds. The van der Waals surface area contributed by atoms with Crippen LogP contribution in [0.3, 0.4) is 0 Å². The minimum Gasteiger partial charge on any atom is -0.484 e. The number of anilines is 1. The van der Waals surface area contributed by atoms with Crippen molar-refractivity contribution >= 4 is 23.3 Å². The van der Waals surface area contributed by atoms with Crippen LogP contribution in [0.2, 0.25) is 0 Å². The van der Waals surface area contributed by atoms with Crippen LogP contribution in [-0.4, -0.2) is 34.1 Å². The van der Waals surface area contributed by atoms with Gasteiger partial charge in [0.2, 0.25) is 5.91 Å². The number of urea groups is 1. The number of rotatable bonds is 4. The Morgan fingerprint density at radius 1 is 1.11 bits per heavy atom. The smallest absolute Gasteiger partial charge is 0.348 e. The maximum Gasteiger partial charge on any atom is 0.348 e. The molecule has 0 saturated heterocycles. The first-order chi connectivity index (χ1) is 18.0. The second-order valence-electron chi connectivity index (χ2n) is 9.53. The van der Waals surface area contributed by atoms with Crippen LogP contribution < -0.4 is 9.64 Å². The van der Waals surface area contributed by atoms with Crippen LogP contribution in [0.4, 0.5) is 14.9 Å². The summed E-state index contributed by atoms with van der Waals surface area (Å²) in [7, 11) is 0. The van der Waals surface area contributed by atoms with Gasteiger partial charge in [-0.25, -0.2) is 9.18 Å². The molecular weight excluding hydrogens is 471 g/mol. The molecule has 3 aromatic rings. The number of halogens is 1. The largest absolute Gasteiger partial charge is 0.484 e. The van der Waals surface area contributed by atoms with Gasteiger partial charge in [0.05, 0.1) is 30.9 Å². The van der Waals surface area contributed by atoms with Crippen LogP contribution in [0.5, 0.6) is 5.75 Å². The Morgan fingerprint density at radius 2 is 1.95 bits per heavy atom. The van der Waals surface area contributed by atoms with Crippen LogP contribution in [0.25, 0.3) is 0 Å². The van der Waals surface area contributed by atoms with E-state index in [4.69, 9.17) is 4.74 Å². The lowest BCUT2D eigenvalue weighted by Crippen LogP contribution is -2.43. The van der Waals surface area contributed by atoms with Gasteiger partial charge in [-0.1, -0.05) is 36.4 Å². The number of amides is 3. The number of fused-ring (bicyclic) bond motifs is 2. The van der Waals surface area contributed by atoms with E-state index >= 15 is 0 Å². The quantitative estimate of drug-likeness (QED) is 0.492. The standard InChI is InChI=1S/C29H25FN4O3/c1-18-12-20-9-10-25(28-22(30)8-5-11-31-28)37-26(20)14-24(18)34-17-21-16-33(15-19-6-3-2-4-7-19)27(35)13-23(21)32-29(34)36/h2-8,11-12,14,16,25H,9-10,13,15,17H2,1H3/t25-/m1/s1. The predicted molar refractivity (Wildman–Crippen MR) is 137 cm³/mol. The third-order valence-electron chi connectivity index (χ3n) is 7.01. The molecule has 1 aromatic heterocycles. The van der Waals surface area contributed by atoms with Gasteiger partial charge in [-0.3, -0.25) is 14.7 Å². The van der Waals surface area contributed by atoms with Gasteiger partial charge in [0.25, 0.3) is 0 Å². The monoisotopic (exact) mass is 496 g/mol. The zero-order valence-corrected chi connectivity index (χ0v) is 20.4. The first-order valence-corrected chi connectivity index (χ1v) is 12.3. The van der Waals surface area contributed by atoms with E-state index in [0.717, 1.165) is 28.7 Å². The summed E-state index contributed by atoms with van der Waals surface area (Å²) < 4.78 is 20.5. The van der Waals surface area contributed by atoms with E-state index in [1.54, 1.807) is 28.3 Å². The number of aliphatic imine (C=N–C) groups is 1. The number of carbonyl (C=O) groups is 2. The van der Waals surface area contributed by atoms with Gasteiger partial charge in [-0.2, -0.15) is 4.99 Å². The Kier molecular flexibility index (Phi) is 5.79. The van der Waals surface area contributed by atoms with Crippen LogP contribution in [0, 0.1) is 12.7 Å². The minimum atomic E-state index is -0.496. The Morgan fingerprint density at radius 3 is 2.76 bits per heavy atom. The highest BCUT2D eigenvalue weighted by atomic mass is 19.1. The van der Waals surface area contributed by atoms with E-state index < -0.39 is 18.0 Å². The van der Waals surface area contributed by atoms with Gasteiger partial charge in [0.1, 0.15) is 23.4 Å². The van der Waals surface area contributed by atoms with Crippen molar-refractivity contribution in [2.75, 3.05) is 11.4 Å². The molecule has 8 heteroatoms. The fraction of sp³-hybridized carbons (Fsp3) is 0.241. The van der Waals surface area contributed by atoms with Gasteiger partial charge in [0, 0.05) is 24.0 Å². The molecule has 0 bridgehead atoms. The number of aromatic nitrogens is 1. The molecule has 0 radical (unpaired) electrons. The topological polar surface area (TPSA) is 75.1 Å². The Bertz CT molecular complexity index is 1470. The highest BCUT2D eigenvalue weighted by Gasteiger charge is 2.33. The van der Waals surface area contributed by atoms with Crippen molar-refractivity contribution < 1.29 is 18.7 Å². The number of benzene rings is 2. The first kappa shape index (κ1) is 23.1. The van der Waals surface area contributed by atoms with Crippen LogP contribution >= 0.6 is 0 Å². The number of nitrogens with zero attached hydrogens (tertiary/aromatic N) is 4. The molecule has 1 atom stereocenters. The third-order valence-corrected chi connectivity index (χ3v) is 7.01. The van der Waals surface area contributed by atoms with Crippen molar-refractivity contribution in [2.24, 2.45) is 4.99 Å². The van der Waals surface area contributed by atoms with Gasteiger partial charge < -0.3 is 9.64 Å². The second-order valence-corrected chi connectivity index (χ2v) is 9.53. The highest BCUT2D eigenvalue weighted by Crippen LogP contribution is 2.40. The van der Waals surface area contributed by atoms with Crippen molar-refractivity contribution in [1.82, 2.24) is 9.88 Å². The summed E-state index contributed by atoms with van der Waals surface area (Å²) in [5, 5.41) is 0. The summed E-state index contributed by atoms with van der Waals surface area (Å²) in [5.41, 5.74) is 5.28. The highest BCUT2D eigenvalue weighted by molar-refractivity contribution is 6.20.